The van der Waals surface area contributed by atoms with E-state index in [0.29, 0.717) is 10.8 Å². The highest BCUT2D eigenvalue weighted by molar-refractivity contribution is 7.99. The molecular formula is C21H26FNO2S. The summed E-state index contributed by atoms with van der Waals surface area (Å²) in [5, 5.41) is 3.38. The Bertz CT molecular complexity index is 733. The van der Waals surface area contributed by atoms with Gasteiger partial charge in [-0.2, -0.15) is 0 Å². The van der Waals surface area contributed by atoms with E-state index in [2.05, 4.69) is 19.2 Å². The molecule has 2 rings (SSSR count). The van der Waals surface area contributed by atoms with Crippen LogP contribution in [0.2, 0.25) is 0 Å². The van der Waals surface area contributed by atoms with Gasteiger partial charge in [0.25, 0.3) is 0 Å². The molecular weight excluding hydrogens is 349 g/mol. The van der Waals surface area contributed by atoms with Crippen molar-refractivity contribution in [1.29, 1.82) is 0 Å². The second kappa shape index (κ2) is 9.19. The Morgan fingerprint density at radius 3 is 2.42 bits per heavy atom. The predicted molar refractivity (Wildman–Crippen MR) is 105 cm³/mol. The van der Waals surface area contributed by atoms with Crippen LogP contribution in [0.5, 0.6) is 0 Å². The molecule has 2 aromatic rings. The Morgan fingerprint density at radius 1 is 1.19 bits per heavy atom. The third kappa shape index (κ3) is 5.58. The SMILES string of the molecule is COC(C)(CNC(=O)Cc1ccc(SC(C)C)cc1)c1ccccc1F. The van der Waals surface area contributed by atoms with Gasteiger partial charge in [-0.1, -0.05) is 44.2 Å². The summed E-state index contributed by atoms with van der Waals surface area (Å²) in [6, 6.07) is 14.5. The number of methoxy groups -OCH3 is 1. The van der Waals surface area contributed by atoms with E-state index in [4.69, 9.17) is 4.74 Å². The fourth-order valence-electron chi connectivity index (χ4n) is 2.64. The van der Waals surface area contributed by atoms with Crippen molar-refractivity contribution in [3.63, 3.8) is 0 Å². The lowest BCUT2D eigenvalue weighted by atomic mass is 9.95. The Kier molecular flexibility index (Phi) is 7.23. The normalized spacial score (nSPS) is 13.5. The van der Waals surface area contributed by atoms with Crippen LogP contribution in [0, 0.1) is 5.82 Å². The van der Waals surface area contributed by atoms with Gasteiger partial charge in [-0.15, -0.1) is 11.8 Å². The highest BCUT2D eigenvalue weighted by atomic mass is 32.2. The number of hydrogen-bond acceptors (Lipinski definition) is 3. The molecule has 0 spiro atoms. The minimum atomic E-state index is -0.918. The molecule has 0 fully saturated rings. The molecule has 0 radical (unpaired) electrons. The summed E-state index contributed by atoms with van der Waals surface area (Å²) in [5.41, 5.74) is 0.456. The zero-order chi connectivity index (χ0) is 19.2. The van der Waals surface area contributed by atoms with Gasteiger partial charge < -0.3 is 10.1 Å². The summed E-state index contributed by atoms with van der Waals surface area (Å²) < 4.78 is 19.6. The molecule has 1 N–H and O–H groups in total. The number of amides is 1. The smallest absolute Gasteiger partial charge is 0.224 e. The van der Waals surface area contributed by atoms with Gasteiger partial charge in [0.1, 0.15) is 11.4 Å². The van der Waals surface area contributed by atoms with Gasteiger partial charge in [-0.05, 0) is 30.7 Å². The van der Waals surface area contributed by atoms with Crippen LogP contribution in [0.15, 0.2) is 53.4 Å². The Morgan fingerprint density at radius 2 is 1.85 bits per heavy atom. The number of ether oxygens (including phenoxy) is 1. The summed E-state index contributed by atoms with van der Waals surface area (Å²) in [6.45, 7) is 6.26. The second-order valence-corrected chi connectivity index (χ2v) is 8.33. The lowest BCUT2D eigenvalue weighted by molar-refractivity contribution is -0.122. The Hall–Kier alpha value is -1.85. The van der Waals surface area contributed by atoms with E-state index in [1.54, 1.807) is 36.9 Å². The highest BCUT2D eigenvalue weighted by Gasteiger charge is 2.29. The van der Waals surface area contributed by atoms with Crippen LogP contribution >= 0.6 is 11.8 Å². The van der Waals surface area contributed by atoms with Gasteiger partial charge in [0.05, 0.1) is 13.0 Å². The number of hydrogen-bond donors (Lipinski definition) is 1. The first kappa shape index (κ1) is 20.5. The van der Waals surface area contributed by atoms with Crippen LogP contribution < -0.4 is 5.32 Å². The summed E-state index contributed by atoms with van der Waals surface area (Å²) in [6.07, 6.45) is 0.281. The van der Waals surface area contributed by atoms with E-state index < -0.39 is 5.60 Å². The molecule has 0 saturated carbocycles. The van der Waals surface area contributed by atoms with Crippen molar-refractivity contribution < 1.29 is 13.9 Å². The van der Waals surface area contributed by atoms with Crippen molar-refractivity contribution in [3.05, 3.63) is 65.5 Å². The highest BCUT2D eigenvalue weighted by Crippen LogP contribution is 2.26. The first-order valence-corrected chi connectivity index (χ1v) is 9.54. The van der Waals surface area contributed by atoms with Crippen LogP contribution in [0.1, 0.15) is 31.9 Å². The van der Waals surface area contributed by atoms with Gasteiger partial charge >= 0.3 is 0 Å². The number of halogens is 1. The van der Waals surface area contributed by atoms with Crippen LogP contribution in [0.25, 0.3) is 0 Å². The van der Waals surface area contributed by atoms with Gasteiger partial charge in [0, 0.05) is 22.8 Å². The molecule has 0 bridgehead atoms. The van der Waals surface area contributed by atoms with Gasteiger partial charge in [-0.3, -0.25) is 4.79 Å². The van der Waals surface area contributed by atoms with Crippen molar-refractivity contribution in [1.82, 2.24) is 5.32 Å². The van der Waals surface area contributed by atoms with Crippen molar-refractivity contribution >= 4 is 17.7 Å². The maximum Gasteiger partial charge on any atom is 0.224 e. The molecule has 2 aromatic carbocycles. The number of thioether (sulfide) groups is 1. The summed E-state index contributed by atoms with van der Waals surface area (Å²) in [7, 11) is 1.52. The van der Waals surface area contributed by atoms with E-state index in [-0.39, 0.29) is 24.7 Å². The zero-order valence-electron chi connectivity index (χ0n) is 15.7. The molecule has 0 aliphatic carbocycles. The number of carbonyl (C=O) groups is 1. The maximum absolute atomic E-state index is 14.1. The molecule has 5 heteroatoms. The molecule has 1 amide bonds. The number of benzene rings is 2. The zero-order valence-corrected chi connectivity index (χ0v) is 16.5. The van der Waals surface area contributed by atoms with E-state index >= 15 is 0 Å². The molecule has 0 aliphatic rings. The largest absolute Gasteiger partial charge is 0.372 e. The maximum atomic E-state index is 14.1. The fourth-order valence-corrected chi connectivity index (χ4v) is 3.48. The quantitative estimate of drug-likeness (QED) is 0.688. The minimum absolute atomic E-state index is 0.117. The lowest BCUT2D eigenvalue weighted by Gasteiger charge is -2.29. The van der Waals surface area contributed by atoms with E-state index in [1.807, 2.05) is 24.3 Å². The molecule has 0 aromatic heterocycles. The lowest BCUT2D eigenvalue weighted by Crippen LogP contribution is -2.41. The topological polar surface area (TPSA) is 38.3 Å². The van der Waals surface area contributed by atoms with Crippen LogP contribution in [0.3, 0.4) is 0 Å². The van der Waals surface area contributed by atoms with Crippen molar-refractivity contribution in [3.8, 4) is 0 Å². The van der Waals surface area contributed by atoms with Crippen LogP contribution in [0.4, 0.5) is 4.39 Å². The van der Waals surface area contributed by atoms with Crippen LogP contribution in [-0.2, 0) is 21.6 Å². The molecule has 0 saturated heterocycles. The fraction of sp³-hybridized carbons (Fsp3) is 0.381. The third-order valence-electron chi connectivity index (χ3n) is 4.18. The Labute approximate surface area is 159 Å². The standard InChI is InChI=1S/C21H26FNO2S/c1-15(2)26-17-11-9-16(10-12-17)13-20(24)23-14-21(3,25-4)18-7-5-6-8-19(18)22/h5-12,15H,13-14H2,1-4H3,(H,23,24). The summed E-state index contributed by atoms with van der Waals surface area (Å²) in [4.78, 5) is 13.5. The van der Waals surface area contributed by atoms with Crippen molar-refractivity contribution in [2.75, 3.05) is 13.7 Å². The first-order valence-electron chi connectivity index (χ1n) is 8.66. The summed E-state index contributed by atoms with van der Waals surface area (Å²) in [5.74, 6) is -0.460. The van der Waals surface area contributed by atoms with Gasteiger partial charge in [-0.25, -0.2) is 4.39 Å². The molecule has 0 aliphatic heterocycles. The number of nitrogens with one attached hydrogen (secondary N) is 1. The minimum Gasteiger partial charge on any atom is -0.372 e. The average molecular weight is 376 g/mol. The second-order valence-electron chi connectivity index (χ2n) is 6.68. The summed E-state index contributed by atoms with van der Waals surface area (Å²) >= 11 is 1.79. The molecule has 0 heterocycles. The number of rotatable bonds is 8. The molecule has 1 atom stereocenters. The molecule has 3 nitrogen and oxygen atoms in total. The molecule has 1 unspecified atom stereocenters. The monoisotopic (exact) mass is 375 g/mol. The van der Waals surface area contributed by atoms with Gasteiger partial charge in [0.2, 0.25) is 5.91 Å². The number of carbonyl (C=O) groups excluding carboxylic acids is 1. The third-order valence-corrected chi connectivity index (χ3v) is 5.19. The van der Waals surface area contributed by atoms with E-state index in [0.717, 1.165) is 5.56 Å². The Balaban J connectivity index is 1.96. The van der Waals surface area contributed by atoms with E-state index in [1.165, 1.54) is 18.1 Å². The van der Waals surface area contributed by atoms with Crippen LogP contribution in [-0.4, -0.2) is 24.8 Å². The van der Waals surface area contributed by atoms with Gasteiger partial charge in [0.15, 0.2) is 0 Å². The molecule has 26 heavy (non-hydrogen) atoms. The first-order chi connectivity index (χ1) is 12.3. The van der Waals surface area contributed by atoms with E-state index in [9.17, 15) is 9.18 Å². The van der Waals surface area contributed by atoms with Crippen molar-refractivity contribution in [2.45, 2.75) is 42.9 Å². The molecule has 140 valence electrons. The average Bonchev–Trinajstić information content (AvgIpc) is 2.61. The predicted octanol–water partition coefficient (Wildman–Crippen LogP) is 4.55. The van der Waals surface area contributed by atoms with Crippen molar-refractivity contribution in [2.24, 2.45) is 0 Å².